The SMILES string of the molecule is FC1(CNC2CC2)CNC1. The molecule has 0 bridgehead atoms. The maximum Gasteiger partial charge on any atom is 0.148 e. The van der Waals surface area contributed by atoms with E-state index in [9.17, 15) is 4.39 Å². The molecule has 0 aromatic carbocycles. The van der Waals surface area contributed by atoms with Crippen LogP contribution in [0, 0.1) is 0 Å². The van der Waals surface area contributed by atoms with Gasteiger partial charge in [-0.25, -0.2) is 4.39 Å². The van der Waals surface area contributed by atoms with Gasteiger partial charge in [0.1, 0.15) is 5.67 Å². The van der Waals surface area contributed by atoms with Crippen LogP contribution in [0.25, 0.3) is 0 Å². The Balaban J connectivity index is 1.67. The van der Waals surface area contributed by atoms with E-state index >= 15 is 0 Å². The van der Waals surface area contributed by atoms with Crippen LogP contribution >= 0.6 is 0 Å². The van der Waals surface area contributed by atoms with Gasteiger partial charge in [0.15, 0.2) is 0 Å². The maximum absolute atomic E-state index is 13.2. The predicted molar refractivity (Wildman–Crippen MR) is 37.7 cm³/mol. The van der Waals surface area contributed by atoms with Crippen LogP contribution in [-0.4, -0.2) is 31.3 Å². The summed E-state index contributed by atoms with van der Waals surface area (Å²) in [4.78, 5) is 0. The first kappa shape index (κ1) is 6.55. The van der Waals surface area contributed by atoms with E-state index in [0.29, 0.717) is 25.7 Å². The van der Waals surface area contributed by atoms with Gasteiger partial charge in [-0.1, -0.05) is 0 Å². The Kier molecular flexibility index (Phi) is 1.42. The lowest BCUT2D eigenvalue weighted by Crippen LogP contribution is -2.61. The van der Waals surface area contributed by atoms with Crippen molar-refractivity contribution in [1.82, 2.24) is 10.6 Å². The van der Waals surface area contributed by atoms with Crippen molar-refractivity contribution in [2.24, 2.45) is 0 Å². The van der Waals surface area contributed by atoms with Gasteiger partial charge in [-0.05, 0) is 12.8 Å². The molecule has 1 heterocycles. The molecule has 2 rings (SSSR count). The molecule has 0 aromatic heterocycles. The lowest BCUT2D eigenvalue weighted by molar-refractivity contribution is 0.0893. The van der Waals surface area contributed by atoms with Crippen LogP contribution in [0.4, 0.5) is 4.39 Å². The van der Waals surface area contributed by atoms with Gasteiger partial charge in [-0.2, -0.15) is 0 Å². The van der Waals surface area contributed by atoms with Crippen LogP contribution in [0.5, 0.6) is 0 Å². The Bertz CT molecular complexity index is 130. The van der Waals surface area contributed by atoms with Crippen molar-refractivity contribution < 1.29 is 4.39 Å². The van der Waals surface area contributed by atoms with E-state index in [1.807, 2.05) is 0 Å². The molecule has 58 valence electrons. The molecule has 0 unspecified atom stereocenters. The summed E-state index contributed by atoms with van der Waals surface area (Å²) in [6.45, 7) is 1.62. The van der Waals surface area contributed by atoms with E-state index in [4.69, 9.17) is 0 Å². The average Bonchev–Trinajstić information content (AvgIpc) is 2.61. The molecule has 0 radical (unpaired) electrons. The van der Waals surface area contributed by atoms with Crippen molar-refractivity contribution in [1.29, 1.82) is 0 Å². The number of hydrogen-bond donors (Lipinski definition) is 2. The van der Waals surface area contributed by atoms with Gasteiger partial charge in [0.25, 0.3) is 0 Å². The summed E-state index contributed by atoms with van der Waals surface area (Å²) in [7, 11) is 0. The average molecular weight is 144 g/mol. The number of nitrogens with one attached hydrogen (secondary N) is 2. The molecule has 0 aromatic rings. The van der Waals surface area contributed by atoms with Gasteiger partial charge >= 0.3 is 0 Å². The highest BCUT2D eigenvalue weighted by molar-refractivity contribution is 4.97. The molecule has 2 N–H and O–H groups in total. The second-order valence-corrected chi connectivity index (χ2v) is 3.41. The molecule has 0 atom stereocenters. The Morgan fingerprint density at radius 2 is 2.20 bits per heavy atom. The number of halogens is 1. The fourth-order valence-corrected chi connectivity index (χ4v) is 1.14. The maximum atomic E-state index is 13.2. The van der Waals surface area contributed by atoms with Crippen molar-refractivity contribution in [2.45, 2.75) is 24.6 Å². The van der Waals surface area contributed by atoms with E-state index in [2.05, 4.69) is 10.6 Å². The molecule has 2 fully saturated rings. The zero-order valence-corrected chi connectivity index (χ0v) is 5.99. The van der Waals surface area contributed by atoms with E-state index < -0.39 is 5.67 Å². The van der Waals surface area contributed by atoms with Gasteiger partial charge in [-0.3, -0.25) is 0 Å². The fraction of sp³-hybridized carbons (Fsp3) is 1.00. The van der Waals surface area contributed by atoms with Crippen LogP contribution in [-0.2, 0) is 0 Å². The molecule has 2 aliphatic rings. The topological polar surface area (TPSA) is 24.1 Å². The molecular formula is C7H13FN2. The van der Waals surface area contributed by atoms with E-state index in [0.717, 1.165) is 0 Å². The third-order valence-corrected chi connectivity index (χ3v) is 2.17. The minimum atomic E-state index is -0.928. The molecule has 1 saturated carbocycles. The normalized spacial score (nSPS) is 29.7. The summed E-state index contributed by atoms with van der Waals surface area (Å²) in [5.74, 6) is 0. The largest absolute Gasteiger partial charge is 0.311 e. The molecule has 2 nitrogen and oxygen atoms in total. The van der Waals surface area contributed by atoms with Crippen molar-refractivity contribution in [3.8, 4) is 0 Å². The van der Waals surface area contributed by atoms with Crippen molar-refractivity contribution in [3.63, 3.8) is 0 Å². The highest BCUT2D eigenvalue weighted by Crippen LogP contribution is 2.21. The summed E-state index contributed by atoms with van der Waals surface area (Å²) in [5.41, 5.74) is -0.928. The van der Waals surface area contributed by atoms with E-state index in [1.165, 1.54) is 12.8 Å². The first-order chi connectivity index (χ1) is 4.79. The molecule has 1 aliphatic heterocycles. The van der Waals surface area contributed by atoms with Gasteiger partial charge in [-0.15, -0.1) is 0 Å². The van der Waals surface area contributed by atoms with Crippen LogP contribution in [0.2, 0.25) is 0 Å². The molecule has 3 heteroatoms. The van der Waals surface area contributed by atoms with Crippen molar-refractivity contribution in [2.75, 3.05) is 19.6 Å². The lowest BCUT2D eigenvalue weighted by Gasteiger charge is -2.35. The Morgan fingerprint density at radius 3 is 2.60 bits per heavy atom. The van der Waals surface area contributed by atoms with Crippen molar-refractivity contribution in [3.05, 3.63) is 0 Å². The van der Waals surface area contributed by atoms with Crippen LogP contribution in [0.3, 0.4) is 0 Å². The molecule has 1 saturated heterocycles. The first-order valence-electron chi connectivity index (χ1n) is 3.92. The highest BCUT2D eigenvalue weighted by atomic mass is 19.1. The van der Waals surface area contributed by atoms with E-state index in [1.54, 1.807) is 0 Å². The summed E-state index contributed by atoms with van der Waals surface area (Å²) in [5, 5.41) is 6.11. The minimum absolute atomic E-state index is 0.534. The zero-order chi connectivity index (χ0) is 7.03. The highest BCUT2D eigenvalue weighted by Gasteiger charge is 2.37. The number of hydrogen-bond acceptors (Lipinski definition) is 2. The lowest BCUT2D eigenvalue weighted by atomic mass is 10.00. The Hall–Kier alpha value is -0.150. The van der Waals surface area contributed by atoms with Gasteiger partial charge in [0, 0.05) is 25.7 Å². The number of rotatable bonds is 3. The molecule has 0 amide bonds. The van der Waals surface area contributed by atoms with Crippen LogP contribution < -0.4 is 10.6 Å². The molecule has 0 spiro atoms. The molecular weight excluding hydrogens is 131 g/mol. The van der Waals surface area contributed by atoms with Crippen LogP contribution in [0.15, 0.2) is 0 Å². The first-order valence-corrected chi connectivity index (χ1v) is 3.92. The second-order valence-electron chi connectivity index (χ2n) is 3.41. The standard InChI is InChI=1S/C7H13FN2/c8-7(3-9-4-7)5-10-6-1-2-6/h6,9-10H,1-5H2. The van der Waals surface area contributed by atoms with Gasteiger partial charge in [0.2, 0.25) is 0 Å². The zero-order valence-electron chi connectivity index (χ0n) is 5.99. The van der Waals surface area contributed by atoms with Crippen molar-refractivity contribution >= 4 is 0 Å². The fourth-order valence-electron chi connectivity index (χ4n) is 1.14. The summed E-state index contributed by atoms with van der Waals surface area (Å²) in [6, 6.07) is 0.633. The summed E-state index contributed by atoms with van der Waals surface area (Å²) < 4.78 is 13.2. The monoisotopic (exact) mass is 144 g/mol. The number of alkyl halides is 1. The van der Waals surface area contributed by atoms with E-state index in [-0.39, 0.29) is 0 Å². The second kappa shape index (κ2) is 2.17. The van der Waals surface area contributed by atoms with Gasteiger partial charge < -0.3 is 10.6 Å². The van der Waals surface area contributed by atoms with Gasteiger partial charge in [0.05, 0.1) is 0 Å². The molecule has 10 heavy (non-hydrogen) atoms. The minimum Gasteiger partial charge on any atom is -0.311 e. The quantitative estimate of drug-likeness (QED) is 0.585. The third-order valence-electron chi connectivity index (χ3n) is 2.17. The molecule has 1 aliphatic carbocycles. The Labute approximate surface area is 60.2 Å². The summed E-state index contributed by atoms with van der Waals surface area (Å²) >= 11 is 0. The predicted octanol–water partition coefficient (Wildman–Crippen LogP) is 0.0499. The Morgan fingerprint density at radius 1 is 1.50 bits per heavy atom. The summed E-state index contributed by atoms with van der Waals surface area (Å²) in [6.07, 6.45) is 2.48. The van der Waals surface area contributed by atoms with Crippen LogP contribution in [0.1, 0.15) is 12.8 Å². The smallest absolute Gasteiger partial charge is 0.148 e. The third kappa shape index (κ3) is 1.30.